The molecule has 5 atom stereocenters. The highest BCUT2D eigenvalue weighted by Gasteiger charge is 2.48. The van der Waals surface area contributed by atoms with Crippen molar-refractivity contribution < 1.29 is 9.47 Å². The summed E-state index contributed by atoms with van der Waals surface area (Å²) in [7, 11) is 0. The Bertz CT molecular complexity index is 2590. The molecule has 0 radical (unpaired) electrons. The van der Waals surface area contributed by atoms with Crippen molar-refractivity contribution in [1.82, 2.24) is 0 Å². The number of hydrogen-bond acceptors (Lipinski definition) is 4. The Kier molecular flexibility index (Phi) is 7.31. The van der Waals surface area contributed by atoms with Crippen LogP contribution in [0.5, 0.6) is 0 Å². The summed E-state index contributed by atoms with van der Waals surface area (Å²) in [5.41, 5.74) is 5.73. The smallest absolute Gasteiger partial charge is 0.194 e. The van der Waals surface area contributed by atoms with Crippen LogP contribution in [-0.4, -0.2) is 17.8 Å². The van der Waals surface area contributed by atoms with E-state index < -0.39 is 0 Å². The molecule has 7 aromatic rings. The van der Waals surface area contributed by atoms with Crippen LogP contribution in [0.4, 0.5) is 0 Å². The summed E-state index contributed by atoms with van der Waals surface area (Å²) in [6.45, 7) is 2.35. The SMILES string of the molecule is CC1([C@H]2N=C(CC3=N[C@H](c4cccc5ccccc45)[C@H](c4cccc5ccccc45)O3)O[C@H]2c2cccc3ccccc23)CC=Cc2ccccc21. The highest BCUT2D eigenvalue weighted by Crippen LogP contribution is 2.49. The average molecular weight is 675 g/mol. The first-order valence-electron chi connectivity index (χ1n) is 18.3. The average Bonchev–Trinajstić information content (AvgIpc) is 3.82. The molecule has 0 fully saturated rings. The third kappa shape index (κ3) is 5.04. The van der Waals surface area contributed by atoms with E-state index >= 15 is 0 Å². The first-order valence-corrected chi connectivity index (χ1v) is 18.3. The zero-order chi connectivity index (χ0) is 34.6. The Morgan fingerprint density at radius 1 is 0.538 bits per heavy atom. The minimum absolute atomic E-state index is 0.149. The molecule has 0 aromatic heterocycles. The number of hydrogen-bond donors (Lipinski definition) is 0. The van der Waals surface area contributed by atoms with Gasteiger partial charge >= 0.3 is 0 Å². The van der Waals surface area contributed by atoms with Gasteiger partial charge in [0, 0.05) is 16.5 Å². The minimum Gasteiger partial charge on any atom is -0.470 e. The molecular weight excluding hydrogens is 637 g/mol. The second kappa shape index (κ2) is 12.3. The quantitative estimate of drug-likeness (QED) is 0.176. The van der Waals surface area contributed by atoms with E-state index in [4.69, 9.17) is 19.5 Å². The third-order valence-electron chi connectivity index (χ3n) is 11.4. The molecule has 2 heterocycles. The Morgan fingerprint density at radius 2 is 1.04 bits per heavy atom. The summed E-state index contributed by atoms with van der Waals surface area (Å²) in [5.74, 6) is 1.33. The Labute approximate surface area is 303 Å². The van der Waals surface area contributed by atoms with E-state index in [-0.39, 0.29) is 29.7 Å². The number of allylic oxidation sites excluding steroid dienone is 1. The number of benzene rings is 7. The van der Waals surface area contributed by atoms with Crippen LogP contribution in [0.3, 0.4) is 0 Å². The van der Waals surface area contributed by atoms with Crippen molar-refractivity contribution in [1.29, 1.82) is 0 Å². The fourth-order valence-electron chi connectivity index (χ4n) is 8.90. The van der Waals surface area contributed by atoms with E-state index in [0.29, 0.717) is 18.2 Å². The van der Waals surface area contributed by atoms with E-state index in [9.17, 15) is 0 Å². The lowest BCUT2D eigenvalue weighted by Crippen LogP contribution is -2.39. The number of nitrogens with zero attached hydrogens (tertiary/aromatic N) is 2. The summed E-state index contributed by atoms with van der Waals surface area (Å²) >= 11 is 0. The molecule has 52 heavy (non-hydrogen) atoms. The van der Waals surface area contributed by atoms with Gasteiger partial charge in [-0.1, -0.05) is 171 Å². The van der Waals surface area contributed by atoms with Crippen molar-refractivity contribution in [2.24, 2.45) is 9.98 Å². The van der Waals surface area contributed by atoms with Crippen molar-refractivity contribution in [2.45, 2.75) is 49.5 Å². The first-order chi connectivity index (χ1) is 25.6. The predicted octanol–water partition coefficient (Wildman–Crippen LogP) is 11.7. The molecule has 1 aliphatic carbocycles. The van der Waals surface area contributed by atoms with Crippen LogP contribution in [0.15, 0.2) is 168 Å². The molecule has 252 valence electrons. The van der Waals surface area contributed by atoms with E-state index in [1.807, 2.05) is 0 Å². The summed E-state index contributed by atoms with van der Waals surface area (Å²) in [5, 5.41) is 7.15. The van der Waals surface area contributed by atoms with Gasteiger partial charge in [0.25, 0.3) is 0 Å². The molecule has 2 aliphatic heterocycles. The molecule has 0 amide bonds. The number of fused-ring (bicyclic) bond motifs is 4. The Morgan fingerprint density at radius 3 is 1.71 bits per heavy atom. The summed E-state index contributed by atoms with van der Waals surface area (Å²) in [4.78, 5) is 10.9. The molecule has 0 spiro atoms. The second-order valence-corrected chi connectivity index (χ2v) is 14.5. The Hall–Kier alpha value is -6.00. The highest BCUT2D eigenvalue weighted by atomic mass is 16.5. The van der Waals surface area contributed by atoms with E-state index in [0.717, 1.165) is 23.1 Å². The molecule has 3 aliphatic rings. The van der Waals surface area contributed by atoms with E-state index in [1.165, 1.54) is 43.4 Å². The maximum atomic E-state index is 7.05. The number of aliphatic imine (C=N–C) groups is 2. The number of ether oxygens (including phenoxy) is 2. The normalized spacial score (nSPS) is 23.6. The Balaban J connectivity index is 1.07. The predicted molar refractivity (Wildman–Crippen MR) is 213 cm³/mol. The zero-order valence-corrected chi connectivity index (χ0v) is 29.0. The second-order valence-electron chi connectivity index (χ2n) is 14.5. The molecule has 0 saturated carbocycles. The van der Waals surface area contributed by atoms with Crippen LogP contribution < -0.4 is 0 Å². The largest absolute Gasteiger partial charge is 0.470 e. The van der Waals surface area contributed by atoms with Gasteiger partial charge in [-0.2, -0.15) is 0 Å². The zero-order valence-electron chi connectivity index (χ0n) is 29.0. The molecule has 10 rings (SSSR count). The van der Waals surface area contributed by atoms with Gasteiger partial charge in [0.05, 0.1) is 6.42 Å². The number of rotatable bonds is 6. The summed E-state index contributed by atoms with van der Waals surface area (Å²) in [6, 6.07) is 53.5. The lowest BCUT2D eigenvalue weighted by atomic mass is 9.67. The summed E-state index contributed by atoms with van der Waals surface area (Å²) in [6.07, 6.45) is 5.23. The molecule has 1 unspecified atom stereocenters. The topological polar surface area (TPSA) is 43.2 Å². The van der Waals surface area contributed by atoms with Crippen molar-refractivity contribution in [3.8, 4) is 0 Å². The third-order valence-corrected chi connectivity index (χ3v) is 11.4. The minimum atomic E-state index is -0.300. The lowest BCUT2D eigenvalue weighted by Gasteiger charge is -2.39. The van der Waals surface area contributed by atoms with Gasteiger partial charge in [0.2, 0.25) is 0 Å². The maximum absolute atomic E-state index is 7.05. The molecule has 0 N–H and O–H groups in total. The van der Waals surface area contributed by atoms with Crippen molar-refractivity contribution in [3.05, 3.63) is 186 Å². The summed E-state index contributed by atoms with van der Waals surface area (Å²) < 4.78 is 14.0. The van der Waals surface area contributed by atoms with Gasteiger partial charge in [-0.3, -0.25) is 0 Å². The van der Waals surface area contributed by atoms with Crippen molar-refractivity contribution in [2.75, 3.05) is 0 Å². The first kappa shape index (κ1) is 30.8. The van der Waals surface area contributed by atoms with Crippen LogP contribution in [0.2, 0.25) is 0 Å². The van der Waals surface area contributed by atoms with Crippen molar-refractivity contribution >= 4 is 50.2 Å². The fourth-order valence-corrected chi connectivity index (χ4v) is 8.90. The van der Waals surface area contributed by atoms with Gasteiger partial charge in [-0.15, -0.1) is 0 Å². The van der Waals surface area contributed by atoms with Crippen LogP contribution >= 0.6 is 0 Å². The fraction of sp³-hybridized carbons (Fsp3) is 0.167. The molecule has 0 saturated heterocycles. The van der Waals surface area contributed by atoms with Gasteiger partial charge in [-0.25, -0.2) is 9.98 Å². The molecule has 0 bridgehead atoms. The van der Waals surface area contributed by atoms with Crippen LogP contribution in [-0.2, 0) is 14.9 Å². The maximum Gasteiger partial charge on any atom is 0.194 e. The monoisotopic (exact) mass is 674 g/mol. The van der Waals surface area contributed by atoms with Gasteiger partial charge in [-0.05, 0) is 55.4 Å². The van der Waals surface area contributed by atoms with Crippen LogP contribution in [0, 0.1) is 0 Å². The molecule has 4 heteroatoms. The molecular formula is C48H38N2O2. The van der Waals surface area contributed by atoms with Crippen LogP contribution in [0.1, 0.15) is 65.8 Å². The van der Waals surface area contributed by atoms with Gasteiger partial charge in [0.1, 0.15) is 18.2 Å². The van der Waals surface area contributed by atoms with E-state index in [2.05, 4.69) is 171 Å². The van der Waals surface area contributed by atoms with E-state index in [1.54, 1.807) is 0 Å². The van der Waals surface area contributed by atoms with Gasteiger partial charge < -0.3 is 9.47 Å². The molecule has 4 nitrogen and oxygen atoms in total. The standard InChI is InChI=1S/C48H38N2O2/c1-48(29-13-21-34-17-5-9-28-41(34)48)47-46(40-27-12-20-33-16-4-8-24-37(33)40)52-43(50-47)30-42-49-44(38-25-10-18-31-14-2-6-22-35(31)38)45(51-42)39-26-11-19-32-15-3-7-23-36(32)39/h2-28,44-47H,29-30H2,1H3/t44-,45+,46+,47+,48?/m1/s1. The van der Waals surface area contributed by atoms with Crippen LogP contribution in [0.25, 0.3) is 38.4 Å². The van der Waals surface area contributed by atoms with Gasteiger partial charge in [0.15, 0.2) is 17.9 Å². The molecule has 7 aromatic carbocycles. The highest BCUT2D eigenvalue weighted by molar-refractivity contribution is 6.00. The lowest BCUT2D eigenvalue weighted by molar-refractivity contribution is 0.153. The van der Waals surface area contributed by atoms with Crippen molar-refractivity contribution in [3.63, 3.8) is 0 Å².